The van der Waals surface area contributed by atoms with Crippen LogP contribution in [0, 0.1) is 26.2 Å². The summed E-state index contributed by atoms with van der Waals surface area (Å²) in [4.78, 5) is 23.2. The molecule has 0 unspecified atom stereocenters. The summed E-state index contributed by atoms with van der Waals surface area (Å²) in [5.74, 6) is -1.64. The summed E-state index contributed by atoms with van der Waals surface area (Å²) < 4.78 is 32.5. The lowest BCUT2D eigenvalue weighted by Crippen LogP contribution is -2.44. The molecule has 0 radical (unpaired) electrons. The summed E-state index contributed by atoms with van der Waals surface area (Å²) in [5.41, 5.74) is 1.34. The molecular weight excluding hydrogens is 424 g/mol. The Morgan fingerprint density at radius 1 is 1.16 bits per heavy atom. The largest absolute Gasteiger partial charge is 0.480 e. The molecule has 0 aromatic heterocycles. The molecule has 0 saturated heterocycles. The van der Waals surface area contributed by atoms with Gasteiger partial charge in [-0.15, -0.1) is 0 Å². The van der Waals surface area contributed by atoms with Crippen molar-refractivity contribution in [2.45, 2.75) is 70.9 Å². The number of sulfonamides is 1. The van der Waals surface area contributed by atoms with Crippen LogP contribution in [-0.4, -0.2) is 49.7 Å². The van der Waals surface area contributed by atoms with Crippen LogP contribution in [0.2, 0.25) is 0 Å². The van der Waals surface area contributed by atoms with Crippen molar-refractivity contribution >= 4 is 28.0 Å². The molecule has 1 atom stereocenters. The Balaban J connectivity index is 2.59. The van der Waals surface area contributed by atoms with E-state index in [4.69, 9.17) is 10.1 Å². The second-order valence-corrected chi connectivity index (χ2v) is 9.93. The van der Waals surface area contributed by atoms with Gasteiger partial charge in [-0.25, -0.2) is 22.7 Å². The van der Waals surface area contributed by atoms with E-state index in [0.29, 0.717) is 11.1 Å². The van der Waals surface area contributed by atoms with E-state index < -0.39 is 39.7 Å². The number of nitrogens with one attached hydrogen (secondary N) is 4. The molecule has 0 aliphatic rings. The quantitative estimate of drug-likeness (QED) is 0.228. The summed E-state index contributed by atoms with van der Waals surface area (Å²) in [7, 11) is -3.94. The van der Waals surface area contributed by atoms with E-state index in [1.165, 1.54) is 0 Å². The molecular formula is C20H32N4O6S. The van der Waals surface area contributed by atoms with Gasteiger partial charge in [-0.2, -0.15) is 0 Å². The van der Waals surface area contributed by atoms with Gasteiger partial charge in [0.25, 0.3) is 10.0 Å². The number of amides is 1. The number of ether oxygens (including phenoxy) is 1. The first kappa shape index (κ1) is 26.2. The van der Waals surface area contributed by atoms with Gasteiger partial charge < -0.3 is 20.5 Å². The molecule has 1 aromatic carbocycles. The maximum Gasteiger partial charge on any atom is 0.408 e. The molecule has 0 bridgehead atoms. The van der Waals surface area contributed by atoms with E-state index in [1.807, 2.05) is 6.92 Å². The molecule has 0 aliphatic heterocycles. The highest BCUT2D eigenvalue weighted by Gasteiger charge is 2.24. The van der Waals surface area contributed by atoms with Crippen LogP contribution in [0.25, 0.3) is 0 Å². The molecule has 31 heavy (non-hydrogen) atoms. The third-order valence-electron chi connectivity index (χ3n) is 4.07. The zero-order valence-electron chi connectivity index (χ0n) is 18.8. The molecule has 0 heterocycles. The average molecular weight is 457 g/mol. The normalized spacial score (nSPS) is 12.6. The van der Waals surface area contributed by atoms with Crippen molar-refractivity contribution in [1.29, 1.82) is 5.41 Å². The number of hydrogen-bond acceptors (Lipinski definition) is 6. The SMILES string of the molecule is Cc1cc(C)c(S(=O)(=O)NC(=N)NCCC[C@H](NC(=O)OC(C)(C)C)C(=O)O)c(C)c1. The number of aliphatic carboxylic acids is 1. The zero-order chi connectivity index (χ0) is 24.0. The van der Waals surface area contributed by atoms with E-state index in [2.05, 4.69) is 15.4 Å². The average Bonchev–Trinajstić information content (AvgIpc) is 2.53. The first-order valence-electron chi connectivity index (χ1n) is 9.78. The number of carboxylic acids is 1. The van der Waals surface area contributed by atoms with Crippen molar-refractivity contribution in [3.8, 4) is 0 Å². The van der Waals surface area contributed by atoms with Gasteiger partial charge in [-0.3, -0.25) is 5.41 Å². The Bertz CT molecular complexity index is 914. The molecule has 0 aliphatic carbocycles. The molecule has 1 amide bonds. The highest BCUT2D eigenvalue weighted by molar-refractivity contribution is 7.90. The number of guanidine groups is 1. The van der Waals surface area contributed by atoms with Crippen molar-refractivity contribution < 1.29 is 27.9 Å². The van der Waals surface area contributed by atoms with Crippen LogP contribution in [0.15, 0.2) is 17.0 Å². The molecule has 5 N–H and O–H groups in total. The summed E-state index contributed by atoms with van der Waals surface area (Å²) in [6.45, 7) is 10.4. The Labute approximate surface area is 183 Å². The third-order valence-corrected chi connectivity index (χ3v) is 5.72. The third kappa shape index (κ3) is 8.83. The highest BCUT2D eigenvalue weighted by atomic mass is 32.2. The lowest BCUT2D eigenvalue weighted by molar-refractivity contribution is -0.139. The zero-order valence-corrected chi connectivity index (χ0v) is 19.6. The summed E-state index contributed by atoms with van der Waals surface area (Å²) in [5, 5.41) is 22.0. The molecule has 174 valence electrons. The smallest absolute Gasteiger partial charge is 0.408 e. The minimum atomic E-state index is -3.94. The van der Waals surface area contributed by atoms with Crippen LogP contribution < -0.4 is 15.4 Å². The fourth-order valence-electron chi connectivity index (χ4n) is 3.04. The fourth-order valence-corrected chi connectivity index (χ4v) is 4.45. The Hall–Kier alpha value is -2.82. The molecule has 0 saturated carbocycles. The first-order valence-corrected chi connectivity index (χ1v) is 11.3. The molecule has 0 spiro atoms. The Kier molecular flexibility index (Phi) is 8.85. The van der Waals surface area contributed by atoms with E-state index in [1.54, 1.807) is 46.8 Å². The van der Waals surface area contributed by atoms with Gasteiger partial charge in [0.2, 0.25) is 5.96 Å². The molecule has 11 heteroatoms. The van der Waals surface area contributed by atoms with E-state index in [-0.39, 0.29) is 24.3 Å². The number of carbonyl (C=O) groups is 2. The van der Waals surface area contributed by atoms with Gasteiger partial charge in [-0.05, 0) is 65.5 Å². The van der Waals surface area contributed by atoms with Crippen molar-refractivity contribution in [2.24, 2.45) is 0 Å². The van der Waals surface area contributed by atoms with Crippen molar-refractivity contribution in [3.63, 3.8) is 0 Å². The van der Waals surface area contributed by atoms with Crippen molar-refractivity contribution in [1.82, 2.24) is 15.4 Å². The predicted molar refractivity (Wildman–Crippen MR) is 117 cm³/mol. The van der Waals surface area contributed by atoms with Crippen LogP contribution in [0.5, 0.6) is 0 Å². The molecule has 10 nitrogen and oxygen atoms in total. The van der Waals surface area contributed by atoms with Gasteiger partial charge >= 0.3 is 12.1 Å². The van der Waals surface area contributed by atoms with Crippen LogP contribution >= 0.6 is 0 Å². The lowest BCUT2D eigenvalue weighted by Gasteiger charge is -2.22. The minimum Gasteiger partial charge on any atom is -0.480 e. The molecule has 1 aromatic rings. The first-order chi connectivity index (χ1) is 14.1. The van der Waals surface area contributed by atoms with Crippen molar-refractivity contribution in [3.05, 3.63) is 28.8 Å². The number of alkyl carbamates (subject to hydrolysis) is 1. The number of benzene rings is 1. The van der Waals surface area contributed by atoms with Crippen LogP contribution in [0.1, 0.15) is 50.3 Å². The van der Waals surface area contributed by atoms with E-state index >= 15 is 0 Å². The maximum absolute atomic E-state index is 12.6. The number of rotatable bonds is 8. The minimum absolute atomic E-state index is 0.0672. The number of carboxylic acid groups (broad SMARTS) is 1. The summed E-state index contributed by atoms with van der Waals surface area (Å²) in [6, 6.07) is 2.34. The summed E-state index contributed by atoms with van der Waals surface area (Å²) >= 11 is 0. The fraction of sp³-hybridized carbons (Fsp3) is 0.550. The maximum atomic E-state index is 12.6. The van der Waals surface area contributed by atoms with Crippen molar-refractivity contribution in [2.75, 3.05) is 6.54 Å². The molecule has 1 rings (SSSR count). The number of hydrogen-bond donors (Lipinski definition) is 5. The van der Waals surface area contributed by atoms with Crippen LogP contribution in [-0.2, 0) is 19.6 Å². The molecule has 0 fully saturated rings. The van der Waals surface area contributed by atoms with Gasteiger partial charge in [0.1, 0.15) is 11.6 Å². The second kappa shape index (κ2) is 10.5. The Morgan fingerprint density at radius 3 is 2.19 bits per heavy atom. The van der Waals surface area contributed by atoms with Gasteiger partial charge in [0.15, 0.2) is 0 Å². The highest BCUT2D eigenvalue weighted by Crippen LogP contribution is 2.21. The number of aryl methyl sites for hydroxylation is 3. The van der Waals surface area contributed by atoms with Crippen LogP contribution in [0.4, 0.5) is 4.79 Å². The topological polar surface area (TPSA) is 158 Å². The summed E-state index contributed by atoms with van der Waals surface area (Å²) in [6.07, 6.45) is -0.505. The number of carbonyl (C=O) groups excluding carboxylic acids is 1. The van der Waals surface area contributed by atoms with Crippen LogP contribution in [0.3, 0.4) is 0 Å². The standard InChI is InChI=1S/C20H32N4O6S/c1-12-10-13(2)16(14(3)11-12)31(28,29)24-18(21)22-9-7-8-15(17(25)26)23-19(27)30-20(4,5)6/h10-11,15H,7-9H2,1-6H3,(H,23,27)(H,25,26)(H3,21,22,24)/t15-/m0/s1. The predicted octanol–water partition coefficient (Wildman–Crippen LogP) is 2.17. The van der Waals surface area contributed by atoms with Gasteiger partial charge in [0, 0.05) is 6.54 Å². The van der Waals surface area contributed by atoms with Gasteiger partial charge in [-0.1, -0.05) is 17.7 Å². The van der Waals surface area contributed by atoms with Gasteiger partial charge in [0.05, 0.1) is 4.90 Å². The lowest BCUT2D eigenvalue weighted by atomic mass is 10.1. The second-order valence-electron chi connectivity index (χ2n) is 8.31. The Morgan fingerprint density at radius 2 is 1.71 bits per heavy atom. The monoisotopic (exact) mass is 456 g/mol. The van der Waals surface area contributed by atoms with E-state index in [0.717, 1.165) is 5.56 Å². The van der Waals surface area contributed by atoms with E-state index in [9.17, 15) is 23.1 Å².